The molecule has 2 atom stereocenters. The number of hydrogen-bond donors (Lipinski definition) is 1. The maximum atomic E-state index is 13.6. The van der Waals surface area contributed by atoms with Crippen molar-refractivity contribution in [2.75, 3.05) is 25.0 Å². The van der Waals surface area contributed by atoms with Crippen LogP contribution in [0.5, 0.6) is 0 Å². The van der Waals surface area contributed by atoms with Gasteiger partial charge in [-0.15, -0.1) is 0 Å². The molecule has 2 heterocycles. The molecule has 2 aromatic carbocycles. The van der Waals surface area contributed by atoms with Crippen LogP contribution in [-0.4, -0.2) is 53.2 Å². The van der Waals surface area contributed by atoms with Crippen molar-refractivity contribution in [1.82, 2.24) is 9.80 Å². The van der Waals surface area contributed by atoms with Gasteiger partial charge in [-0.1, -0.05) is 45.0 Å². The van der Waals surface area contributed by atoms with Gasteiger partial charge in [0.2, 0.25) is 0 Å². The number of carbonyl (C=O) groups is 3. The molecule has 3 aliphatic rings. The predicted molar refractivity (Wildman–Crippen MR) is 132 cm³/mol. The minimum Gasteiger partial charge on any atom is -0.384 e. The molecule has 6 nitrogen and oxygen atoms in total. The highest BCUT2D eigenvalue weighted by atomic mass is 16.2. The first kappa shape index (κ1) is 22.6. The number of para-hydroxylation sites is 1. The Morgan fingerprint density at radius 2 is 1.62 bits per heavy atom. The number of amides is 3. The van der Waals surface area contributed by atoms with E-state index in [9.17, 15) is 14.4 Å². The molecule has 178 valence electrons. The van der Waals surface area contributed by atoms with E-state index in [1.54, 1.807) is 24.3 Å². The summed E-state index contributed by atoms with van der Waals surface area (Å²) in [6, 6.07) is 14.9. The first-order valence-corrected chi connectivity index (χ1v) is 12.3. The van der Waals surface area contributed by atoms with Crippen molar-refractivity contribution in [2.24, 2.45) is 10.8 Å². The van der Waals surface area contributed by atoms with Crippen molar-refractivity contribution in [3.63, 3.8) is 0 Å². The second-order valence-corrected chi connectivity index (χ2v) is 11.3. The number of nitrogens with zero attached hydrogens (tertiary/aromatic N) is 2. The fourth-order valence-electron chi connectivity index (χ4n) is 6.58. The van der Waals surface area contributed by atoms with Crippen molar-refractivity contribution in [2.45, 2.75) is 52.5 Å². The van der Waals surface area contributed by atoms with E-state index in [1.165, 1.54) is 4.90 Å². The lowest BCUT2D eigenvalue weighted by atomic mass is 9.65. The van der Waals surface area contributed by atoms with Gasteiger partial charge in [0, 0.05) is 31.4 Å². The second kappa shape index (κ2) is 8.26. The Balaban J connectivity index is 1.22. The number of imide groups is 1. The molecule has 0 aromatic heterocycles. The number of fused-ring (bicyclic) bond motifs is 3. The summed E-state index contributed by atoms with van der Waals surface area (Å²) in [4.78, 5) is 42.1. The third-order valence-electron chi connectivity index (χ3n) is 7.59. The van der Waals surface area contributed by atoms with E-state index in [0.29, 0.717) is 42.2 Å². The van der Waals surface area contributed by atoms with Gasteiger partial charge in [-0.05, 0) is 60.8 Å². The second-order valence-electron chi connectivity index (χ2n) is 11.3. The van der Waals surface area contributed by atoms with E-state index in [0.717, 1.165) is 31.5 Å². The van der Waals surface area contributed by atoms with Gasteiger partial charge < -0.3 is 10.2 Å². The normalized spacial score (nSPS) is 25.0. The zero-order valence-electron chi connectivity index (χ0n) is 20.3. The van der Waals surface area contributed by atoms with E-state index < -0.39 is 0 Å². The molecule has 1 saturated heterocycles. The van der Waals surface area contributed by atoms with E-state index in [4.69, 9.17) is 0 Å². The van der Waals surface area contributed by atoms with Crippen LogP contribution in [-0.2, 0) is 0 Å². The number of rotatable bonds is 6. The van der Waals surface area contributed by atoms with Gasteiger partial charge in [-0.25, -0.2) is 0 Å². The highest BCUT2D eigenvalue weighted by molar-refractivity contribution is 6.21. The molecule has 2 aliphatic heterocycles. The number of carbonyl (C=O) groups excluding carboxylic acids is 3. The molecular weight excluding hydrogens is 426 g/mol. The third-order valence-corrected chi connectivity index (χ3v) is 7.59. The van der Waals surface area contributed by atoms with Crippen molar-refractivity contribution in [1.29, 1.82) is 0 Å². The Labute approximate surface area is 201 Å². The Bertz CT molecular complexity index is 1120. The molecule has 0 unspecified atom stereocenters. The highest BCUT2D eigenvalue weighted by Crippen LogP contribution is 2.52. The van der Waals surface area contributed by atoms with Gasteiger partial charge >= 0.3 is 0 Å². The summed E-state index contributed by atoms with van der Waals surface area (Å²) < 4.78 is 0. The molecule has 1 N–H and O–H groups in total. The number of benzene rings is 2. The summed E-state index contributed by atoms with van der Waals surface area (Å²) in [6.45, 7) is 8.67. The van der Waals surface area contributed by atoms with Crippen LogP contribution in [0.2, 0.25) is 0 Å². The average molecular weight is 460 g/mol. The van der Waals surface area contributed by atoms with E-state index in [-0.39, 0.29) is 28.6 Å². The Morgan fingerprint density at radius 1 is 0.971 bits per heavy atom. The van der Waals surface area contributed by atoms with Crippen LogP contribution < -0.4 is 5.32 Å². The van der Waals surface area contributed by atoms with Crippen LogP contribution in [0.4, 0.5) is 5.69 Å². The fourth-order valence-corrected chi connectivity index (χ4v) is 6.58. The molecule has 1 aliphatic carbocycles. The standard InChI is InChI=1S/C28H33N3O3/c1-27(2)15-19-16-28(3,17-27)18-31(19)26(34)22-11-6-7-12-23(22)29-13-8-14-30-24(32)20-9-4-5-10-21(20)25(30)33/h4-7,9-12,19,29H,8,13-18H2,1-3H3/t19-,28-/m1/s1. The van der Waals surface area contributed by atoms with Crippen molar-refractivity contribution in [3.05, 3.63) is 65.2 Å². The Hall–Kier alpha value is -3.15. The van der Waals surface area contributed by atoms with E-state index >= 15 is 0 Å². The average Bonchev–Trinajstić information content (AvgIpc) is 3.19. The fraction of sp³-hybridized carbons (Fsp3) is 0.464. The van der Waals surface area contributed by atoms with Gasteiger partial charge in [0.25, 0.3) is 17.7 Å². The zero-order valence-corrected chi connectivity index (χ0v) is 20.3. The van der Waals surface area contributed by atoms with Crippen LogP contribution in [0.1, 0.15) is 77.5 Å². The number of likely N-dealkylation sites (tertiary alicyclic amines) is 1. The van der Waals surface area contributed by atoms with Gasteiger partial charge in [-0.3, -0.25) is 19.3 Å². The molecule has 0 radical (unpaired) electrons. The molecule has 6 heteroatoms. The van der Waals surface area contributed by atoms with E-state index in [1.807, 2.05) is 24.3 Å². The van der Waals surface area contributed by atoms with Crippen LogP contribution in [0, 0.1) is 10.8 Å². The van der Waals surface area contributed by atoms with Crippen LogP contribution in [0.25, 0.3) is 0 Å². The summed E-state index contributed by atoms with van der Waals surface area (Å²) in [7, 11) is 0. The Morgan fingerprint density at radius 3 is 2.32 bits per heavy atom. The summed E-state index contributed by atoms with van der Waals surface area (Å²) in [5.41, 5.74) is 2.90. The molecule has 2 bridgehead atoms. The third kappa shape index (κ3) is 3.99. The minimum atomic E-state index is -0.229. The molecule has 2 fully saturated rings. The monoisotopic (exact) mass is 459 g/mol. The number of nitrogens with one attached hydrogen (secondary N) is 1. The minimum absolute atomic E-state index is 0.0925. The maximum Gasteiger partial charge on any atom is 0.261 e. The molecule has 34 heavy (non-hydrogen) atoms. The molecule has 0 spiro atoms. The lowest BCUT2D eigenvalue weighted by molar-refractivity contribution is 0.0652. The van der Waals surface area contributed by atoms with Crippen LogP contribution in [0.15, 0.2) is 48.5 Å². The van der Waals surface area contributed by atoms with Gasteiger partial charge in [0.1, 0.15) is 0 Å². The SMILES string of the molecule is CC1(C)C[C@@H]2C[C@@](C)(CN2C(=O)c2ccccc2NCCCN2C(=O)c3ccccc3C2=O)C1. The van der Waals surface area contributed by atoms with Gasteiger partial charge in [0.05, 0.1) is 16.7 Å². The first-order chi connectivity index (χ1) is 16.2. The first-order valence-electron chi connectivity index (χ1n) is 12.3. The molecule has 5 rings (SSSR count). The highest BCUT2D eigenvalue weighted by Gasteiger charge is 2.51. The Kier molecular flexibility index (Phi) is 5.50. The number of hydrogen-bond acceptors (Lipinski definition) is 4. The summed E-state index contributed by atoms with van der Waals surface area (Å²) in [5, 5.41) is 3.38. The summed E-state index contributed by atoms with van der Waals surface area (Å²) >= 11 is 0. The quantitative estimate of drug-likeness (QED) is 0.496. The maximum absolute atomic E-state index is 13.6. The molecule has 2 aromatic rings. The lowest BCUT2D eigenvalue weighted by Crippen LogP contribution is -2.38. The molecule has 1 saturated carbocycles. The van der Waals surface area contributed by atoms with Crippen LogP contribution in [0.3, 0.4) is 0 Å². The van der Waals surface area contributed by atoms with Crippen LogP contribution >= 0.6 is 0 Å². The topological polar surface area (TPSA) is 69.7 Å². The number of anilines is 1. The van der Waals surface area contributed by atoms with Gasteiger partial charge in [-0.2, -0.15) is 0 Å². The molecular formula is C28H33N3O3. The summed E-state index contributed by atoms with van der Waals surface area (Å²) in [6.07, 6.45) is 3.88. The zero-order chi connectivity index (χ0) is 24.1. The summed E-state index contributed by atoms with van der Waals surface area (Å²) in [5.74, 6) is -0.365. The van der Waals surface area contributed by atoms with Gasteiger partial charge in [0.15, 0.2) is 0 Å². The van der Waals surface area contributed by atoms with Crippen molar-refractivity contribution in [3.8, 4) is 0 Å². The van der Waals surface area contributed by atoms with E-state index in [2.05, 4.69) is 31.0 Å². The lowest BCUT2D eigenvalue weighted by Gasteiger charge is -2.39. The predicted octanol–water partition coefficient (Wildman–Crippen LogP) is 4.83. The molecule has 3 amide bonds. The smallest absolute Gasteiger partial charge is 0.261 e. The van der Waals surface area contributed by atoms with Crippen molar-refractivity contribution < 1.29 is 14.4 Å². The van der Waals surface area contributed by atoms with Crippen molar-refractivity contribution >= 4 is 23.4 Å². The largest absolute Gasteiger partial charge is 0.384 e.